The fourth-order valence-electron chi connectivity index (χ4n) is 3.39. The average molecular weight is 335 g/mol. The molecule has 22 heavy (non-hydrogen) atoms. The molecule has 0 aliphatic carbocycles. The van der Waals surface area contributed by atoms with Crippen molar-refractivity contribution in [3.8, 4) is 0 Å². The van der Waals surface area contributed by atoms with Crippen LogP contribution in [0.1, 0.15) is 36.0 Å². The number of nitrogens with one attached hydrogen (secondary N) is 1. The second kappa shape index (κ2) is 6.46. The van der Waals surface area contributed by atoms with E-state index in [1.807, 2.05) is 0 Å². The van der Waals surface area contributed by atoms with Crippen molar-refractivity contribution in [2.24, 2.45) is 0 Å². The van der Waals surface area contributed by atoms with E-state index in [0.717, 1.165) is 37.8 Å². The van der Waals surface area contributed by atoms with Gasteiger partial charge < -0.3 is 10.2 Å². The number of benzene rings is 1. The summed E-state index contributed by atoms with van der Waals surface area (Å²) >= 11 is 0. The lowest BCUT2D eigenvalue weighted by molar-refractivity contribution is 0.0680. The van der Waals surface area contributed by atoms with Crippen LogP contribution in [0.15, 0.2) is 12.1 Å². The van der Waals surface area contributed by atoms with Gasteiger partial charge in [-0.2, -0.15) is 0 Å². The summed E-state index contributed by atoms with van der Waals surface area (Å²) in [5.41, 5.74) is -0.153. The molecule has 0 saturated carbocycles. The summed E-state index contributed by atoms with van der Waals surface area (Å²) in [7, 11) is 1.64. The molecule has 3 rings (SSSR count). The number of fused-ring (bicyclic) bond motifs is 2. The standard InChI is InChI=1S/C15H17F3N2O.ClH/c1-20(11-6-9-2-3-10(7-11)19-9)15(21)8-4-12(16)14(18)13(17)5-8;/h4-5,9-11,19H,2-3,6-7H2,1H3;1H. The van der Waals surface area contributed by atoms with Gasteiger partial charge in [-0.05, 0) is 37.8 Å². The summed E-state index contributed by atoms with van der Waals surface area (Å²) in [5, 5.41) is 3.47. The van der Waals surface area contributed by atoms with E-state index >= 15 is 0 Å². The highest BCUT2D eigenvalue weighted by molar-refractivity contribution is 5.94. The third-order valence-corrected chi connectivity index (χ3v) is 4.55. The molecule has 2 saturated heterocycles. The minimum absolute atomic E-state index is 0. The predicted molar refractivity (Wildman–Crippen MR) is 78.6 cm³/mol. The molecule has 122 valence electrons. The molecule has 7 heteroatoms. The van der Waals surface area contributed by atoms with Gasteiger partial charge in [0.1, 0.15) is 0 Å². The number of hydrogen-bond donors (Lipinski definition) is 1. The molecule has 2 aliphatic rings. The zero-order valence-electron chi connectivity index (χ0n) is 12.1. The van der Waals surface area contributed by atoms with E-state index in [2.05, 4.69) is 5.32 Å². The maximum Gasteiger partial charge on any atom is 0.254 e. The van der Waals surface area contributed by atoms with Crippen LogP contribution in [0.25, 0.3) is 0 Å². The number of carbonyl (C=O) groups is 1. The first-order valence-corrected chi connectivity index (χ1v) is 7.13. The quantitative estimate of drug-likeness (QED) is 0.844. The lowest BCUT2D eigenvalue weighted by atomic mass is 9.98. The Morgan fingerprint density at radius 3 is 2.14 bits per heavy atom. The minimum Gasteiger partial charge on any atom is -0.339 e. The molecule has 1 aromatic rings. The third-order valence-electron chi connectivity index (χ3n) is 4.55. The van der Waals surface area contributed by atoms with Gasteiger partial charge >= 0.3 is 0 Å². The minimum atomic E-state index is -1.55. The molecule has 3 nitrogen and oxygen atoms in total. The van der Waals surface area contributed by atoms with Crippen LogP contribution in [0.3, 0.4) is 0 Å². The largest absolute Gasteiger partial charge is 0.339 e. The van der Waals surface area contributed by atoms with Gasteiger partial charge in [0.05, 0.1) is 0 Å². The van der Waals surface area contributed by atoms with E-state index in [4.69, 9.17) is 0 Å². The Balaban J connectivity index is 0.00000176. The van der Waals surface area contributed by atoms with Gasteiger partial charge in [0, 0.05) is 30.7 Å². The normalized spacial score (nSPS) is 26.5. The lowest BCUT2D eigenvalue weighted by Gasteiger charge is -2.35. The number of carbonyl (C=O) groups excluding carboxylic acids is 1. The Bertz CT molecular complexity index is 549. The Morgan fingerprint density at radius 2 is 1.64 bits per heavy atom. The van der Waals surface area contributed by atoms with Gasteiger partial charge in [-0.15, -0.1) is 12.4 Å². The van der Waals surface area contributed by atoms with Gasteiger partial charge in [-0.3, -0.25) is 4.79 Å². The molecular formula is C15H18ClF3N2O. The van der Waals surface area contributed by atoms with Crippen molar-refractivity contribution in [3.05, 3.63) is 35.1 Å². The van der Waals surface area contributed by atoms with Crippen LogP contribution in [0.2, 0.25) is 0 Å². The summed E-state index contributed by atoms with van der Waals surface area (Å²) in [6.07, 6.45) is 3.88. The third kappa shape index (κ3) is 3.08. The van der Waals surface area contributed by atoms with E-state index < -0.39 is 23.4 Å². The summed E-state index contributed by atoms with van der Waals surface area (Å²) in [5.74, 6) is -4.69. The second-order valence-electron chi connectivity index (χ2n) is 5.93. The predicted octanol–water partition coefficient (Wildman–Crippen LogP) is 2.88. The molecule has 2 bridgehead atoms. The van der Waals surface area contributed by atoms with Crippen molar-refractivity contribution in [2.75, 3.05) is 7.05 Å². The fourth-order valence-corrected chi connectivity index (χ4v) is 3.39. The number of nitrogens with zero attached hydrogens (tertiary/aromatic N) is 1. The van der Waals surface area contributed by atoms with Crippen molar-refractivity contribution in [2.45, 2.75) is 43.8 Å². The molecule has 1 N–H and O–H groups in total. The number of hydrogen-bond acceptors (Lipinski definition) is 2. The lowest BCUT2D eigenvalue weighted by Crippen LogP contribution is -2.48. The monoisotopic (exact) mass is 334 g/mol. The first kappa shape index (κ1) is 17.1. The van der Waals surface area contributed by atoms with Crippen LogP contribution in [-0.2, 0) is 0 Å². The second-order valence-corrected chi connectivity index (χ2v) is 5.93. The number of halogens is 4. The fraction of sp³-hybridized carbons (Fsp3) is 0.533. The maximum absolute atomic E-state index is 13.2. The van der Waals surface area contributed by atoms with Crippen molar-refractivity contribution in [1.29, 1.82) is 0 Å². The molecular weight excluding hydrogens is 317 g/mol. The van der Waals surface area contributed by atoms with Gasteiger partial charge in [0.25, 0.3) is 5.91 Å². The molecule has 1 aromatic carbocycles. The van der Waals surface area contributed by atoms with Crippen molar-refractivity contribution < 1.29 is 18.0 Å². The van der Waals surface area contributed by atoms with Crippen LogP contribution in [0, 0.1) is 17.5 Å². The average Bonchev–Trinajstić information content (AvgIpc) is 2.81. The number of piperidine rings is 1. The number of amides is 1. The van der Waals surface area contributed by atoms with E-state index in [0.29, 0.717) is 12.1 Å². The topological polar surface area (TPSA) is 32.3 Å². The van der Waals surface area contributed by atoms with Crippen LogP contribution in [0.5, 0.6) is 0 Å². The van der Waals surface area contributed by atoms with Crippen molar-refractivity contribution in [3.63, 3.8) is 0 Å². The first-order valence-electron chi connectivity index (χ1n) is 7.13. The molecule has 2 aliphatic heterocycles. The Labute approximate surface area is 133 Å². The number of rotatable bonds is 2. The molecule has 1 amide bonds. The van der Waals surface area contributed by atoms with E-state index in [9.17, 15) is 18.0 Å². The molecule has 2 heterocycles. The SMILES string of the molecule is CN(C(=O)c1cc(F)c(F)c(F)c1)C1CC2CCC(C1)N2.Cl. The van der Waals surface area contributed by atoms with Gasteiger partial charge in [0.15, 0.2) is 17.5 Å². The summed E-state index contributed by atoms with van der Waals surface area (Å²) in [4.78, 5) is 13.9. The van der Waals surface area contributed by atoms with Crippen LogP contribution >= 0.6 is 12.4 Å². The van der Waals surface area contributed by atoms with Crippen molar-refractivity contribution >= 4 is 18.3 Å². The van der Waals surface area contributed by atoms with Gasteiger partial charge in [0.2, 0.25) is 0 Å². The molecule has 0 aromatic heterocycles. The molecule has 2 unspecified atom stereocenters. The Morgan fingerprint density at radius 1 is 1.14 bits per heavy atom. The zero-order valence-corrected chi connectivity index (χ0v) is 12.9. The first-order chi connectivity index (χ1) is 9.95. The van der Waals surface area contributed by atoms with Gasteiger partial charge in [-0.1, -0.05) is 0 Å². The zero-order chi connectivity index (χ0) is 15.1. The maximum atomic E-state index is 13.2. The van der Waals surface area contributed by atoms with E-state index in [-0.39, 0.29) is 24.0 Å². The van der Waals surface area contributed by atoms with Crippen LogP contribution < -0.4 is 5.32 Å². The summed E-state index contributed by atoms with van der Waals surface area (Å²) in [6.45, 7) is 0. The Hall–Kier alpha value is -1.27. The molecule has 0 radical (unpaired) electrons. The molecule has 2 fully saturated rings. The highest BCUT2D eigenvalue weighted by Gasteiger charge is 2.36. The molecule has 2 atom stereocenters. The van der Waals surface area contributed by atoms with Crippen LogP contribution in [-0.4, -0.2) is 36.0 Å². The van der Waals surface area contributed by atoms with Gasteiger partial charge in [-0.25, -0.2) is 13.2 Å². The molecule has 0 spiro atoms. The smallest absolute Gasteiger partial charge is 0.254 e. The van der Waals surface area contributed by atoms with E-state index in [1.54, 1.807) is 7.05 Å². The van der Waals surface area contributed by atoms with E-state index in [1.165, 1.54) is 4.90 Å². The Kier molecular flexibility index (Phi) is 5.02. The highest BCUT2D eigenvalue weighted by Crippen LogP contribution is 2.30. The highest BCUT2D eigenvalue weighted by atomic mass is 35.5. The summed E-state index contributed by atoms with van der Waals surface area (Å²) in [6, 6.07) is 2.38. The van der Waals surface area contributed by atoms with Crippen molar-refractivity contribution in [1.82, 2.24) is 10.2 Å². The summed E-state index contributed by atoms with van der Waals surface area (Å²) < 4.78 is 39.4. The van der Waals surface area contributed by atoms with Crippen LogP contribution in [0.4, 0.5) is 13.2 Å².